The van der Waals surface area contributed by atoms with Crippen LogP contribution in [-0.4, -0.2) is 30.2 Å². The van der Waals surface area contributed by atoms with E-state index in [0.29, 0.717) is 10.5 Å². The SMILES string of the molecule is O=C(O)CS(=O)(=O)Nc1nc2ccc(Cl)cc2s1. The van der Waals surface area contributed by atoms with Crippen LogP contribution in [0.4, 0.5) is 5.13 Å². The second kappa shape index (κ2) is 4.71. The van der Waals surface area contributed by atoms with Gasteiger partial charge in [-0.15, -0.1) is 0 Å². The maximum atomic E-state index is 11.4. The number of nitrogens with one attached hydrogen (secondary N) is 1. The van der Waals surface area contributed by atoms with Gasteiger partial charge in [-0.05, 0) is 18.2 Å². The van der Waals surface area contributed by atoms with Crippen molar-refractivity contribution in [3.05, 3.63) is 23.2 Å². The quantitative estimate of drug-likeness (QED) is 0.897. The molecule has 0 radical (unpaired) electrons. The lowest BCUT2D eigenvalue weighted by Crippen LogP contribution is -2.22. The number of hydrogen-bond acceptors (Lipinski definition) is 5. The third kappa shape index (κ3) is 3.09. The molecular weight excluding hydrogens is 300 g/mol. The van der Waals surface area contributed by atoms with Gasteiger partial charge in [0.2, 0.25) is 10.0 Å². The van der Waals surface area contributed by atoms with Crippen molar-refractivity contribution in [2.75, 3.05) is 10.5 Å². The van der Waals surface area contributed by atoms with Crippen LogP contribution in [0.15, 0.2) is 18.2 Å². The Kier molecular flexibility index (Phi) is 3.42. The van der Waals surface area contributed by atoms with E-state index in [-0.39, 0.29) is 5.13 Å². The fourth-order valence-electron chi connectivity index (χ4n) is 1.27. The first-order valence-electron chi connectivity index (χ1n) is 4.64. The zero-order chi connectivity index (χ0) is 13.3. The molecule has 0 saturated carbocycles. The van der Waals surface area contributed by atoms with Gasteiger partial charge >= 0.3 is 5.97 Å². The van der Waals surface area contributed by atoms with Gasteiger partial charge in [0.05, 0.1) is 10.2 Å². The van der Waals surface area contributed by atoms with Gasteiger partial charge in [0, 0.05) is 5.02 Å². The lowest BCUT2D eigenvalue weighted by Gasteiger charge is -2.00. The highest BCUT2D eigenvalue weighted by Gasteiger charge is 2.17. The summed E-state index contributed by atoms with van der Waals surface area (Å²) in [6.45, 7) is 0. The number of sulfonamides is 1. The van der Waals surface area contributed by atoms with Crippen molar-refractivity contribution < 1.29 is 18.3 Å². The number of aliphatic carboxylic acids is 1. The third-order valence-corrected chi connectivity index (χ3v) is 4.34. The summed E-state index contributed by atoms with van der Waals surface area (Å²) in [7, 11) is -3.93. The molecule has 96 valence electrons. The molecule has 1 heterocycles. The zero-order valence-corrected chi connectivity index (χ0v) is 11.1. The van der Waals surface area contributed by atoms with Crippen LogP contribution >= 0.6 is 22.9 Å². The van der Waals surface area contributed by atoms with Crippen LogP contribution < -0.4 is 4.72 Å². The number of benzene rings is 1. The lowest BCUT2D eigenvalue weighted by molar-refractivity contribution is -0.134. The molecule has 1 aromatic carbocycles. The summed E-state index contributed by atoms with van der Waals surface area (Å²) in [5.74, 6) is -2.42. The van der Waals surface area contributed by atoms with Gasteiger partial charge in [0.15, 0.2) is 10.9 Å². The first-order chi connectivity index (χ1) is 8.35. The number of hydrogen-bond donors (Lipinski definition) is 2. The second-order valence-corrected chi connectivity index (χ2v) is 6.58. The molecule has 18 heavy (non-hydrogen) atoms. The van der Waals surface area contributed by atoms with E-state index < -0.39 is 21.7 Å². The number of carbonyl (C=O) groups is 1. The van der Waals surface area contributed by atoms with Crippen molar-refractivity contribution in [1.82, 2.24) is 4.98 Å². The van der Waals surface area contributed by atoms with Crippen LogP contribution in [0.3, 0.4) is 0 Å². The largest absolute Gasteiger partial charge is 0.480 e. The van der Waals surface area contributed by atoms with E-state index in [1.54, 1.807) is 18.2 Å². The number of fused-ring (bicyclic) bond motifs is 1. The summed E-state index contributed by atoms with van der Waals surface area (Å²) < 4.78 is 25.6. The third-order valence-electron chi connectivity index (χ3n) is 1.91. The number of halogens is 1. The van der Waals surface area contributed by atoms with Crippen LogP contribution in [0.5, 0.6) is 0 Å². The van der Waals surface area contributed by atoms with E-state index in [1.165, 1.54) is 0 Å². The van der Waals surface area contributed by atoms with Crippen LogP contribution in [0.2, 0.25) is 5.02 Å². The van der Waals surface area contributed by atoms with E-state index in [9.17, 15) is 13.2 Å². The average Bonchev–Trinajstić information content (AvgIpc) is 2.55. The maximum Gasteiger partial charge on any atom is 0.320 e. The van der Waals surface area contributed by atoms with Crippen LogP contribution in [0.1, 0.15) is 0 Å². The first kappa shape index (κ1) is 13.1. The van der Waals surface area contributed by atoms with Crippen molar-refractivity contribution in [2.24, 2.45) is 0 Å². The molecule has 0 aliphatic rings. The Hall–Kier alpha value is -1.38. The minimum absolute atomic E-state index is 0.119. The Bertz CT molecular complexity index is 710. The average molecular weight is 307 g/mol. The van der Waals surface area contributed by atoms with E-state index in [4.69, 9.17) is 16.7 Å². The summed E-state index contributed by atoms with van der Waals surface area (Å²) >= 11 is 6.88. The minimum Gasteiger partial charge on any atom is -0.480 e. The molecule has 0 bridgehead atoms. The van der Waals surface area contributed by atoms with Crippen molar-refractivity contribution in [1.29, 1.82) is 0 Å². The zero-order valence-electron chi connectivity index (χ0n) is 8.75. The van der Waals surface area contributed by atoms with Crippen LogP contribution in [0.25, 0.3) is 10.2 Å². The summed E-state index contributed by atoms with van der Waals surface area (Å²) in [5, 5.41) is 9.09. The first-order valence-corrected chi connectivity index (χ1v) is 7.49. The lowest BCUT2D eigenvalue weighted by atomic mass is 10.3. The number of carboxylic acids is 1. The van der Waals surface area contributed by atoms with E-state index >= 15 is 0 Å². The molecule has 0 aliphatic carbocycles. The minimum atomic E-state index is -3.93. The van der Waals surface area contributed by atoms with Gasteiger partial charge in [0.25, 0.3) is 0 Å². The monoisotopic (exact) mass is 306 g/mol. The molecule has 1 aromatic heterocycles. The Morgan fingerprint density at radius 3 is 2.89 bits per heavy atom. The van der Waals surface area contributed by atoms with E-state index in [0.717, 1.165) is 16.0 Å². The van der Waals surface area contributed by atoms with Gasteiger partial charge in [-0.3, -0.25) is 9.52 Å². The molecule has 0 fully saturated rings. The molecule has 0 unspecified atom stereocenters. The van der Waals surface area contributed by atoms with Crippen molar-refractivity contribution in [2.45, 2.75) is 0 Å². The highest BCUT2D eigenvalue weighted by Crippen LogP contribution is 2.28. The molecule has 9 heteroatoms. The molecule has 6 nitrogen and oxygen atoms in total. The second-order valence-electron chi connectivity index (χ2n) is 3.39. The molecular formula is C9H7ClN2O4S2. The van der Waals surface area contributed by atoms with Crippen LogP contribution in [-0.2, 0) is 14.8 Å². The van der Waals surface area contributed by atoms with Crippen LogP contribution in [0, 0.1) is 0 Å². The van der Waals surface area contributed by atoms with Gasteiger partial charge < -0.3 is 5.11 Å². The van der Waals surface area contributed by atoms with Gasteiger partial charge in [-0.25, -0.2) is 13.4 Å². The number of rotatable bonds is 4. The van der Waals surface area contributed by atoms with Crippen molar-refractivity contribution in [3.63, 3.8) is 0 Å². The molecule has 2 aromatic rings. The molecule has 0 aliphatic heterocycles. The number of nitrogens with zero attached hydrogens (tertiary/aromatic N) is 1. The number of carboxylic acid groups (broad SMARTS) is 1. The fourth-order valence-corrected chi connectivity index (χ4v) is 3.52. The summed E-state index contributed by atoms with van der Waals surface area (Å²) in [4.78, 5) is 14.4. The molecule has 0 saturated heterocycles. The Morgan fingerprint density at radius 1 is 1.50 bits per heavy atom. The number of thiazole rings is 1. The predicted octanol–water partition coefficient (Wildman–Crippen LogP) is 1.78. The molecule has 0 spiro atoms. The molecule has 2 rings (SSSR count). The van der Waals surface area contributed by atoms with E-state index in [1.807, 2.05) is 0 Å². The predicted molar refractivity (Wildman–Crippen MR) is 69.7 cm³/mol. The smallest absolute Gasteiger partial charge is 0.320 e. The molecule has 0 atom stereocenters. The summed E-state index contributed by atoms with van der Waals surface area (Å²) in [6.07, 6.45) is 0. The highest BCUT2D eigenvalue weighted by atomic mass is 35.5. The Morgan fingerprint density at radius 2 is 2.22 bits per heavy atom. The summed E-state index contributed by atoms with van der Waals surface area (Å²) in [6, 6.07) is 4.95. The number of anilines is 1. The van der Waals surface area contributed by atoms with E-state index in [2.05, 4.69) is 9.71 Å². The number of aromatic nitrogens is 1. The Balaban J connectivity index is 2.30. The Labute approximate surface area is 111 Å². The topological polar surface area (TPSA) is 96.4 Å². The highest BCUT2D eigenvalue weighted by molar-refractivity contribution is 7.93. The van der Waals surface area contributed by atoms with Gasteiger partial charge in [-0.1, -0.05) is 22.9 Å². The van der Waals surface area contributed by atoms with Gasteiger partial charge in [-0.2, -0.15) is 0 Å². The summed E-state index contributed by atoms with van der Waals surface area (Å²) in [5.41, 5.74) is 0.595. The molecule has 2 N–H and O–H groups in total. The van der Waals surface area contributed by atoms with Crippen molar-refractivity contribution in [3.8, 4) is 0 Å². The molecule has 0 amide bonds. The van der Waals surface area contributed by atoms with Crippen molar-refractivity contribution >= 4 is 54.3 Å². The van der Waals surface area contributed by atoms with Gasteiger partial charge in [0.1, 0.15) is 0 Å². The maximum absolute atomic E-state index is 11.4. The standard InChI is InChI=1S/C9H7ClN2O4S2/c10-5-1-2-6-7(3-5)17-9(11-6)12-18(15,16)4-8(13)14/h1-3H,4H2,(H,11,12)(H,13,14). The fraction of sp³-hybridized carbons (Fsp3) is 0.111. The normalized spacial score (nSPS) is 11.6.